The van der Waals surface area contributed by atoms with Crippen molar-refractivity contribution in [3.8, 4) is 23.8 Å². The predicted molar refractivity (Wildman–Crippen MR) is 98.8 cm³/mol. The summed E-state index contributed by atoms with van der Waals surface area (Å²) in [5.41, 5.74) is 1.40. The summed E-state index contributed by atoms with van der Waals surface area (Å²) < 4.78 is 6.91. The molecule has 0 saturated carbocycles. The second-order valence-corrected chi connectivity index (χ2v) is 5.68. The lowest BCUT2D eigenvalue weighted by Gasteiger charge is -2.16. The Kier molecular flexibility index (Phi) is 4.59. The van der Waals surface area contributed by atoms with Crippen molar-refractivity contribution in [2.24, 2.45) is 0 Å². The number of nitrogens with one attached hydrogen (secondary N) is 1. The van der Waals surface area contributed by atoms with Crippen molar-refractivity contribution < 1.29 is 4.74 Å². The number of aryl methyl sites for hydroxylation is 1. The number of benzene rings is 1. The molecule has 2 aromatic heterocycles. The van der Waals surface area contributed by atoms with Crippen LogP contribution in [-0.2, 0) is 0 Å². The van der Waals surface area contributed by atoms with Crippen LogP contribution in [0.1, 0.15) is 5.69 Å². The minimum absolute atomic E-state index is 0.225. The van der Waals surface area contributed by atoms with Gasteiger partial charge in [-0.15, -0.1) is 6.42 Å². The molecule has 0 fully saturated rings. The molecule has 6 nitrogen and oxygen atoms in total. The predicted octanol–water partition coefficient (Wildman–Crippen LogP) is 2.80. The van der Waals surface area contributed by atoms with E-state index in [2.05, 4.69) is 21.2 Å². The number of nitrogens with zero attached hydrogens (tertiary/aromatic N) is 3. The Balaban J connectivity index is 2.46. The summed E-state index contributed by atoms with van der Waals surface area (Å²) in [4.78, 5) is 21.1. The molecule has 0 radical (unpaired) electrons. The molecular weight excluding hydrogens is 340 g/mol. The molecule has 2 heterocycles. The van der Waals surface area contributed by atoms with E-state index < -0.39 is 5.69 Å². The first-order chi connectivity index (χ1) is 12.1. The van der Waals surface area contributed by atoms with E-state index in [0.29, 0.717) is 38.9 Å². The molecule has 0 aliphatic carbocycles. The van der Waals surface area contributed by atoms with Crippen LogP contribution in [-0.4, -0.2) is 28.2 Å². The van der Waals surface area contributed by atoms with E-state index >= 15 is 0 Å². The summed E-state index contributed by atoms with van der Waals surface area (Å²) in [5.74, 6) is 3.31. The van der Waals surface area contributed by atoms with Gasteiger partial charge in [-0.3, -0.25) is 9.55 Å². The van der Waals surface area contributed by atoms with Gasteiger partial charge in [-0.2, -0.15) is 4.98 Å². The molecule has 0 spiro atoms. The van der Waals surface area contributed by atoms with Gasteiger partial charge >= 0.3 is 5.69 Å². The standard InChI is InChI=1S/C18H15ClN4O2/c1-4-7-21-17-16-14(9-12(19)10-15(16)25-3)23(18(24)22-17)13-6-5-8-20-11(13)2/h1,5-6,8-10H,7H2,2-3H3,(H,21,22,24). The third-order valence-electron chi connectivity index (χ3n) is 3.72. The summed E-state index contributed by atoms with van der Waals surface area (Å²) in [6, 6.07) is 6.91. The van der Waals surface area contributed by atoms with Crippen molar-refractivity contribution >= 4 is 28.3 Å². The molecule has 7 heteroatoms. The molecule has 0 aliphatic heterocycles. The Morgan fingerprint density at radius 2 is 2.24 bits per heavy atom. The normalized spacial score (nSPS) is 10.5. The summed E-state index contributed by atoms with van der Waals surface area (Å²) >= 11 is 6.23. The number of anilines is 1. The van der Waals surface area contributed by atoms with Crippen LogP contribution in [0.15, 0.2) is 35.3 Å². The highest BCUT2D eigenvalue weighted by Crippen LogP contribution is 2.34. The number of hydrogen-bond acceptors (Lipinski definition) is 5. The maximum absolute atomic E-state index is 12.7. The number of terminal acetylenes is 1. The molecule has 3 aromatic rings. The molecule has 126 valence electrons. The van der Waals surface area contributed by atoms with Crippen LogP contribution in [0.25, 0.3) is 16.6 Å². The third kappa shape index (κ3) is 3.02. The molecule has 1 N–H and O–H groups in total. The molecule has 0 saturated heterocycles. The highest BCUT2D eigenvalue weighted by Gasteiger charge is 2.18. The largest absolute Gasteiger partial charge is 0.496 e. The van der Waals surface area contributed by atoms with E-state index in [1.807, 2.05) is 6.92 Å². The zero-order valence-corrected chi connectivity index (χ0v) is 14.5. The van der Waals surface area contributed by atoms with Crippen LogP contribution in [0.5, 0.6) is 5.75 Å². The number of pyridine rings is 1. The van der Waals surface area contributed by atoms with E-state index in [1.165, 1.54) is 11.7 Å². The average Bonchev–Trinajstić information content (AvgIpc) is 2.60. The number of methoxy groups -OCH3 is 1. The van der Waals surface area contributed by atoms with Crippen molar-refractivity contribution in [3.63, 3.8) is 0 Å². The highest BCUT2D eigenvalue weighted by atomic mass is 35.5. The molecule has 0 atom stereocenters. The van der Waals surface area contributed by atoms with Crippen LogP contribution < -0.4 is 15.7 Å². The van der Waals surface area contributed by atoms with E-state index in [1.54, 1.807) is 30.5 Å². The Bertz CT molecular complexity index is 1050. The fourth-order valence-electron chi connectivity index (χ4n) is 2.66. The zero-order valence-electron chi connectivity index (χ0n) is 13.7. The number of ether oxygens (including phenoxy) is 1. The summed E-state index contributed by atoms with van der Waals surface area (Å²) in [7, 11) is 1.53. The molecule has 0 unspecified atom stereocenters. The van der Waals surface area contributed by atoms with Gasteiger partial charge in [0.2, 0.25) is 0 Å². The van der Waals surface area contributed by atoms with Gasteiger partial charge in [0.25, 0.3) is 0 Å². The Labute approximate surface area is 149 Å². The Morgan fingerprint density at radius 3 is 2.92 bits per heavy atom. The molecular formula is C18H15ClN4O2. The van der Waals surface area contributed by atoms with Gasteiger partial charge in [-0.05, 0) is 31.2 Å². The summed E-state index contributed by atoms with van der Waals surface area (Å²) in [6.45, 7) is 2.04. The SMILES string of the molecule is C#CCNc1nc(=O)n(-c2cccnc2C)c2cc(Cl)cc(OC)c12. The first-order valence-corrected chi connectivity index (χ1v) is 7.84. The van der Waals surface area contributed by atoms with E-state index in [4.69, 9.17) is 22.8 Å². The molecule has 3 rings (SSSR count). The summed E-state index contributed by atoms with van der Waals surface area (Å²) in [6.07, 6.45) is 6.97. The zero-order chi connectivity index (χ0) is 18.0. The minimum atomic E-state index is -0.465. The average molecular weight is 355 g/mol. The number of fused-ring (bicyclic) bond motifs is 1. The van der Waals surface area contributed by atoms with Gasteiger partial charge in [-0.25, -0.2) is 4.79 Å². The van der Waals surface area contributed by atoms with E-state index in [0.717, 1.165) is 0 Å². The number of aromatic nitrogens is 3. The van der Waals surface area contributed by atoms with Crippen molar-refractivity contribution in [1.29, 1.82) is 0 Å². The molecule has 0 aliphatic rings. The number of halogens is 1. The van der Waals surface area contributed by atoms with Crippen LogP contribution in [0.4, 0.5) is 5.82 Å². The molecule has 0 bridgehead atoms. The van der Waals surface area contributed by atoms with Gasteiger partial charge in [-0.1, -0.05) is 17.5 Å². The smallest absolute Gasteiger partial charge is 0.354 e. The topological polar surface area (TPSA) is 69.0 Å². The first-order valence-electron chi connectivity index (χ1n) is 7.46. The van der Waals surface area contributed by atoms with Gasteiger partial charge in [0, 0.05) is 11.2 Å². The first kappa shape index (κ1) is 16.8. The van der Waals surface area contributed by atoms with Crippen LogP contribution in [0, 0.1) is 19.3 Å². The van der Waals surface area contributed by atoms with Gasteiger partial charge in [0.05, 0.1) is 35.9 Å². The van der Waals surface area contributed by atoms with E-state index in [-0.39, 0.29) is 6.54 Å². The molecule has 1 aromatic carbocycles. The van der Waals surface area contributed by atoms with Crippen LogP contribution >= 0.6 is 11.6 Å². The lowest BCUT2D eigenvalue weighted by Crippen LogP contribution is -2.24. The fraction of sp³-hybridized carbons (Fsp3) is 0.167. The molecule has 0 amide bonds. The lowest BCUT2D eigenvalue weighted by molar-refractivity contribution is 0.419. The maximum atomic E-state index is 12.7. The van der Waals surface area contributed by atoms with Crippen LogP contribution in [0.2, 0.25) is 5.02 Å². The van der Waals surface area contributed by atoms with Crippen molar-refractivity contribution in [2.75, 3.05) is 19.0 Å². The fourth-order valence-corrected chi connectivity index (χ4v) is 2.86. The monoisotopic (exact) mass is 354 g/mol. The van der Waals surface area contributed by atoms with Crippen LogP contribution in [0.3, 0.4) is 0 Å². The summed E-state index contributed by atoms with van der Waals surface area (Å²) in [5, 5.41) is 4.02. The maximum Gasteiger partial charge on any atom is 0.354 e. The number of hydrogen-bond donors (Lipinski definition) is 1. The quantitative estimate of drug-likeness (QED) is 0.730. The van der Waals surface area contributed by atoms with Crippen molar-refractivity contribution in [1.82, 2.24) is 14.5 Å². The van der Waals surface area contributed by atoms with Gasteiger partial charge in [0.1, 0.15) is 11.6 Å². The van der Waals surface area contributed by atoms with Gasteiger partial charge in [0.15, 0.2) is 0 Å². The van der Waals surface area contributed by atoms with Crippen molar-refractivity contribution in [2.45, 2.75) is 6.92 Å². The highest BCUT2D eigenvalue weighted by molar-refractivity contribution is 6.31. The lowest BCUT2D eigenvalue weighted by atomic mass is 10.2. The van der Waals surface area contributed by atoms with Gasteiger partial charge < -0.3 is 10.1 Å². The Hall–Kier alpha value is -3.04. The number of rotatable bonds is 4. The molecule has 25 heavy (non-hydrogen) atoms. The minimum Gasteiger partial charge on any atom is -0.496 e. The third-order valence-corrected chi connectivity index (χ3v) is 3.94. The van der Waals surface area contributed by atoms with Crippen molar-refractivity contribution in [3.05, 3.63) is 51.7 Å². The van der Waals surface area contributed by atoms with E-state index in [9.17, 15) is 4.79 Å². The second-order valence-electron chi connectivity index (χ2n) is 5.25. The Morgan fingerprint density at radius 1 is 1.44 bits per heavy atom. The second kappa shape index (κ2) is 6.83.